The third-order valence-electron chi connectivity index (χ3n) is 3.51. The average Bonchev–Trinajstić information content (AvgIpc) is 2.83. The van der Waals surface area contributed by atoms with E-state index in [0.717, 1.165) is 31.0 Å². The van der Waals surface area contributed by atoms with Gasteiger partial charge in [0.05, 0.1) is 0 Å². The number of carbonyl (C=O) groups excluding carboxylic acids is 1. The van der Waals surface area contributed by atoms with Gasteiger partial charge in [-0.05, 0) is 31.6 Å². The molecule has 0 spiro atoms. The second-order valence-electron chi connectivity index (χ2n) is 4.93. The Morgan fingerprint density at radius 1 is 1.47 bits per heavy atom. The molecule has 1 heterocycles. The van der Waals surface area contributed by atoms with Crippen LogP contribution in [0.4, 0.5) is 0 Å². The van der Waals surface area contributed by atoms with Crippen molar-refractivity contribution in [1.82, 2.24) is 20.5 Å². The van der Waals surface area contributed by atoms with E-state index in [1.807, 2.05) is 0 Å². The maximum absolute atomic E-state index is 11.9. The number of aromatic amines is 1. The van der Waals surface area contributed by atoms with E-state index in [-0.39, 0.29) is 11.8 Å². The predicted octanol–water partition coefficient (Wildman–Crippen LogP) is 1.29. The molecule has 0 bridgehead atoms. The molecule has 2 rings (SSSR count). The minimum absolute atomic E-state index is 0.205. The van der Waals surface area contributed by atoms with Crippen molar-refractivity contribution in [1.29, 1.82) is 0 Å². The molecule has 94 valence electrons. The molecular formula is C12H20N4O. The number of nitrogens with one attached hydrogen (secondary N) is 2. The van der Waals surface area contributed by atoms with E-state index < -0.39 is 0 Å². The molecule has 1 amide bonds. The average molecular weight is 236 g/mol. The summed E-state index contributed by atoms with van der Waals surface area (Å²) in [6.07, 6.45) is 6.64. The summed E-state index contributed by atoms with van der Waals surface area (Å²) in [6.45, 7) is 2.90. The maximum atomic E-state index is 11.9. The molecule has 5 heteroatoms. The highest BCUT2D eigenvalue weighted by atomic mass is 16.1. The number of hydrogen-bond donors (Lipinski definition) is 2. The van der Waals surface area contributed by atoms with Gasteiger partial charge in [0.2, 0.25) is 5.91 Å². The fourth-order valence-electron chi connectivity index (χ4n) is 2.32. The van der Waals surface area contributed by atoms with Crippen LogP contribution >= 0.6 is 0 Å². The highest BCUT2D eigenvalue weighted by Gasteiger charge is 2.23. The molecule has 1 fully saturated rings. The number of H-pyrrole nitrogens is 1. The summed E-state index contributed by atoms with van der Waals surface area (Å²) < 4.78 is 0. The second kappa shape index (κ2) is 5.80. The monoisotopic (exact) mass is 236 g/mol. The first-order valence-electron chi connectivity index (χ1n) is 6.37. The van der Waals surface area contributed by atoms with E-state index >= 15 is 0 Å². The highest BCUT2D eigenvalue weighted by Crippen LogP contribution is 2.28. The Bertz CT molecular complexity index is 341. The normalized spacial score (nSPS) is 24.5. The number of aromatic nitrogens is 3. The van der Waals surface area contributed by atoms with Crippen LogP contribution in [0, 0.1) is 11.8 Å². The summed E-state index contributed by atoms with van der Waals surface area (Å²) in [6, 6.07) is 0. The van der Waals surface area contributed by atoms with Crippen LogP contribution in [-0.2, 0) is 11.2 Å². The van der Waals surface area contributed by atoms with Crippen LogP contribution in [-0.4, -0.2) is 27.6 Å². The van der Waals surface area contributed by atoms with Gasteiger partial charge in [-0.25, -0.2) is 4.98 Å². The summed E-state index contributed by atoms with van der Waals surface area (Å²) in [5.74, 6) is 2.04. The van der Waals surface area contributed by atoms with Crippen LogP contribution in [0.2, 0.25) is 0 Å². The van der Waals surface area contributed by atoms with Crippen LogP contribution in [0.25, 0.3) is 0 Å². The molecule has 0 aliphatic heterocycles. The van der Waals surface area contributed by atoms with Crippen LogP contribution < -0.4 is 5.32 Å². The molecule has 0 radical (unpaired) electrons. The van der Waals surface area contributed by atoms with Crippen LogP contribution in [0.1, 0.15) is 38.4 Å². The lowest BCUT2D eigenvalue weighted by Crippen LogP contribution is -2.34. The Balaban J connectivity index is 1.67. The number of carbonyl (C=O) groups is 1. The number of amides is 1. The van der Waals surface area contributed by atoms with Gasteiger partial charge in [0.25, 0.3) is 0 Å². The van der Waals surface area contributed by atoms with Crippen LogP contribution in [0.3, 0.4) is 0 Å². The second-order valence-corrected chi connectivity index (χ2v) is 4.93. The summed E-state index contributed by atoms with van der Waals surface area (Å²) >= 11 is 0. The summed E-state index contributed by atoms with van der Waals surface area (Å²) in [5.41, 5.74) is 0. The summed E-state index contributed by atoms with van der Waals surface area (Å²) in [5, 5.41) is 9.53. The minimum atomic E-state index is 0.205. The van der Waals surface area contributed by atoms with Crippen molar-refractivity contribution in [3.63, 3.8) is 0 Å². The van der Waals surface area contributed by atoms with Crippen molar-refractivity contribution in [2.24, 2.45) is 11.8 Å². The lowest BCUT2D eigenvalue weighted by Gasteiger charge is -2.25. The van der Waals surface area contributed by atoms with Crippen molar-refractivity contribution in [3.8, 4) is 0 Å². The first-order valence-corrected chi connectivity index (χ1v) is 6.37. The van der Waals surface area contributed by atoms with E-state index in [9.17, 15) is 4.79 Å². The Morgan fingerprint density at radius 2 is 2.24 bits per heavy atom. The molecule has 1 aliphatic carbocycles. The van der Waals surface area contributed by atoms with Gasteiger partial charge in [-0.1, -0.05) is 6.92 Å². The van der Waals surface area contributed by atoms with Gasteiger partial charge in [0, 0.05) is 18.9 Å². The highest BCUT2D eigenvalue weighted by molar-refractivity contribution is 5.78. The quantitative estimate of drug-likeness (QED) is 0.827. The van der Waals surface area contributed by atoms with E-state index in [1.165, 1.54) is 19.2 Å². The van der Waals surface area contributed by atoms with Gasteiger partial charge < -0.3 is 5.32 Å². The molecule has 0 aromatic carbocycles. The van der Waals surface area contributed by atoms with Crippen molar-refractivity contribution < 1.29 is 4.79 Å². The van der Waals surface area contributed by atoms with E-state index in [1.54, 1.807) is 0 Å². The first-order chi connectivity index (χ1) is 8.25. The van der Waals surface area contributed by atoms with Gasteiger partial charge in [-0.3, -0.25) is 9.89 Å². The van der Waals surface area contributed by atoms with Crippen molar-refractivity contribution in [2.45, 2.75) is 39.0 Å². The Labute approximate surface area is 101 Å². The summed E-state index contributed by atoms with van der Waals surface area (Å²) in [4.78, 5) is 15.9. The smallest absolute Gasteiger partial charge is 0.223 e. The zero-order valence-electron chi connectivity index (χ0n) is 10.3. The number of nitrogens with zero attached hydrogens (tertiary/aromatic N) is 2. The topological polar surface area (TPSA) is 70.7 Å². The Kier molecular flexibility index (Phi) is 4.12. The van der Waals surface area contributed by atoms with Crippen LogP contribution in [0.5, 0.6) is 0 Å². The molecule has 5 nitrogen and oxygen atoms in total. The fraction of sp³-hybridized carbons (Fsp3) is 0.750. The molecule has 1 aromatic heterocycles. The van der Waals surface area contributed by atoms with Crippen molar-refractivity contribution in [3.05, 3.63) is 12.2 Å². The lowest BCUT2D eigenvalue weighted by atomic mass is 9.82. The Hall–Kier alpha value is -1.39. The SMILES string of the molecule is CC1CCC(C(=O)NCCc2ncn[nH]2)CC1. The minimum Gasteiger partial charge on any atom is -0.355 e. The molecule has 17 heavy (non-hydrogen) atoms. The number of hydrogen-bond acceptors (Lipinski definition) is 3. The van der Waals surface area contributed by atoms with Gasteiger partial charge in [-0.15, -0.1) is 0 Å². The zero-order chi connectivity index (χ0) is 12.1. The number of rotatable bonds is 4. The van der Waals surface area contributed by atoms with E-state index in [4.69, 9.17) is 0 Å². The third-order valence-corrected chi connectivity index (χ3v) is 3.51. The predicted molar refractivity (Wildman–Crippen MR) is 64.2 cm³/mol. The maximum Gasteiger partial charge on any atom is 0.223 e. The van der Waals surface area contributed by atoms with Gasteiger partial charge in [0.1, 0.15) is 12.2 Å². The Morgan fingerprint density at radius 3 is 2.88 bits per heavy atom. The van der Waals surface area contributed by atoms with Gasteiger partial charge in [-0.2, -0.15) is 5.10 Å². The molecule has 1 aliphatic rings. The molecule has 0 saturated heterocycles. The van der Waals surface area contributed by atoms with E-state index in [0.29, 0.717) is 6.54 Å². The van der Waals surface area contributed by atoms with Crippen LogP contribution in [0.15, 0.2) is 6.33 Å². The molecule has 2 N–H and O–H groups in total. The third kappa shape index (κ3) is 3.54. The zero-order valence-corrected chi connectivity index (χ0v) is 10.3. The lowest BCUT2D eigenvalue weighted by molar-refractivity contribution is -0.126. The molecule has 0 atom stereocenters. The molecule has 1 saturated carbocycles. The van der Waals surface area contributed by atoms with Gasteiger partial charge in [0.15, 0.2) is 0 Å². The van der Waals surface area contributed by atoms with Crippen molar-refractivity contribution in [2.75, 3.05) is 6.54 Å². The first kappa shape index (κ1) is 12.1. The molecular weight excluding hydrogens is 216 g/mol. The molecule has 1 aromatic rings. The van der Waals surface area contributed by atoms with Crippen molar-refractivity contribution >= 4 is 5.91 Å². The van der Waals surface area contributed by atoms with Gasteiger partial charge >= 0.3 is 0 Å². The fourth-order valence-corrected chi connectivity index (χ4v) is 2.32. The summed E-state index contributed by atoms with van der Waals surface area (Å²) in [7, 11) is 0. The van der Waals surface area contributed by atoms with E-state index in [2.05, 4.69) is 27.4 Å². The largest absolute Gasteiger partial charge is 0.355 e. The standard InChI is InChI=1S/C12H20N4O/c1-9-2-4-10(5-3-9)12(17)13-7-6-11-14-8-15-16-11/h8-10H,2-7H2,1H3,(H,13,17)(H,14,15,16). The molecule has 0 unspecified atom stereocenters.